The van der Waals surface area contributed by atoms with E-state index >= 15 is 0 Å². The number of halogens is 2. The SMILES string of the molecule is Fc1ccc(COCC2CCCCC2)c(Br)c1. The molecule has 94 valence electrons. The first kappa shape index (κ1) is 13.0. The molecule has 0 saturated heterocycles. The van der Waals surface area contributed by atoms with E-state index in [4.69, 9.17) is 4.74 Å². The van der Waals surface area contributed by atoms with Crippen molar-refractivity contribution in [2.75, 3.05) is 6.61 Å². The van der Waals surface area contributed by atoms with Gasteiger partial charge in [0.05, 0.1) is 6.61 Å². The zero-order valence-electron chi connectivity index (χ0n) is 9.92. The topological polar surface area (TPSA) is 9.23 Å². The number of rotatable bonds is 4. The summed E-state index contributed by atoms with van der Waals surface area (Å²) in [7, 11) is 0. The normalized spacial score (nSPS) is 17.3. The Labute approximate surface area is 110 Å². The van der Waals surface area contributed by atoms with Crippen LogP contribution in [-0.4, -0.2) is 6.61 Å². The first-order valence-corrected chi connectivity index (χ1v) is 7.06. The minimum atomic E-state index is -0.215. The summed E-state index contributed by atoms with van der Waals surface area (Å²) in [5.41, 5.74) is 1.02. The Hall–Kier alpha value is -0.410. The molecule has 0 amide bonds. The van der Waals surface area contributed by atoms with Crippen molar-refractivity contribution in [2.24, 2.45) is 5.92 Å². The van der Waals surface area contributed by atoms with E-state index in [1.165, 1.54) is 44.2 Å². The van der Waals surface area contributed by atoms with Crippen LogP contribution in [0.25, 0.3) is 0 Å². The summed E-state index contributed by atoms with van der Waals surface area (Å²) in [4.78, 5) is 0. The molecule has 1 aliphatic carbocycles. The average Bonchev–Trinajstić information content (AvgIpc) is 2.33. The van der Waals surface area contributed by atoms with E-state index in [1.807, 2.05) is 0 Å². The fourth-order valence-corrected chi connectivity index (χ4v) is 2.79. The average molecular weight is 301 g/mol. The van der Waals surface area contributed by atoms with Crippen molar-refractivity contribution in [1.82, 2.24) is 0 Å². The van der Waals surface area contributed by atoms with E-state index in [2.05, 4.69) is 15.9 Å². The van der Waals surface area contributed by atoms with Crippen LogP contribution in [0.4, 0.5) is 4.39 Å². The van der Waals surface area contributed by atoms with Crippen LogP contribution >= 0.6 is 15.9 Å². The van der Waals surface area contributed by atoms with Crippen LogP contribution in [0.1, 0.15) is 37.7 Å². The molecule has 3 heteroatoms. The second-order valence-corrected chi connectivity index (χ2v) is 5.61. The highest BCUT2D eigenvalue weighted by Crippen LogP contribution is 2.24. The Bertz CT molecular complexity index is 361. The molecular weight excluding hydrogens is 283 g/mol. The van der Waals surface area contributed by atoms with Crippen molar-refractivity contribution >= 4 is 15.9 Å². The maximum Gasteiger partial charge on any atom is 0.124 e. The fourth-order valence-electron chi connectivity index (χ4n) is 2.33. The lowest BCUT2D eigenvalue weighted by molar-refractivity contribution is 0.0736. The number of hydrogen-bond donors (Lipinski definition) is 0. The molecule has 0 spiro atoms. The van der Waals surface area contributed by atoms with Gasteiger partial charge < -0.3 is 4.74 Å². The molecule has 0 aromatic heterocycles. The Morgan fingerprint density at radius 3 is 2.71 bits per heavy atom. The smallest absolute Gasteiger partial charge is 0.124 e. The summed E-state index contributed by atoms with van der Waals surface area (Å²) in [5, 5.41) is 0. The van der Waals surface area contributed by atoms with Crippen LogP contribution in [0.3, 0.4) is 0 Å². The molecule has 1 aromatic rings. The third-order valence-corrected chi connectivity index (χ3v) is 4.09. The maximum absolute atomic E-state index is 12.9. The number of ether oxygens (including phenoxy) is 1. The van der Waals surface area contributed by atoms with Crippen molar-refractivity contribution < 1.29 is 9.13 Å². The van der Waals surface area contributed by atoms with E-state index < -0.39 is 0 Å². The Morgan fingerprint density at radius 2 is 2.00 bits per heavy atom. The highest BCUT2D eigenvalue weighted by Gasteiger charge is 2.13. The quantitative estimate of drug-likeness (QED) is 0.784. The lowest BCUT2D eigenvalue weighted by atomic mass is 9.90. The minimum Gasteiger partial charge on any atom is -0.376 e. The molecule has 1 aliphatic rings. The molecule has 0 bridgehead atoms. The highest BCUT2D eigenvalue weighted by atomic mass is 79.9. The van der Waals surface area contributed by atoms with Gasteiger partial charge in [0, 0.05) is 11.1 Å². The van der Waals surface area contributed by atoms with Crippen molar-refractivity contribution in [3.05, 3.63) is 34.1 Å². The van der Waals surface area contributed by atoms with Gasteiger partial charge in [-0.1, -0.05) is 41.3 Å². The van der Waals surface area contributed by atoms with Crippen molar-refractivity contribution in [1.29, 1.82) is 0 Å². The zero-order chi connectivity index (χ0) is 12.1. The Kier molecular flexibility index (Phi) is 4.99. The summed E-state index contributed by atoms with van der Waals surface area (Å²) in [5.74, 6) is 0.510. The van der Waals surface area contributed by atoms with E-state index in [9.17, 15) is 4.39 Å². The van der Waals surface area contributed by atoms with Gasteiger partial charge in [0.2, 0.25) is 0 Å². The van der Waals surface area contributed by atoms with E-state index in [0.717, 1.165) is 22.6 Å². The third kappa shape index (κ3) is 4.07. The van der Waals surface area contributed by atoms with Gasteiger partial charge in [-0.15, -0.1) is 0 Å². The molecule has 1 saturated carbocycles. The maximum atomic E-state index is 12.9. The van der Waals surface area contributed by atoms with Gasteiger partial charge in [-0.3, -0.25) is 0 Å². The van der Waals surface area contributed by atoms with Crippen LogP contribution in [-0.2, 0) is 11.3 Å². The predicted octanol–water partition coefficient (Wildman–Crippen LogP) is 4.69. The lowest BCUT2D eigenvalue weighted by Crippen LogP contribution is -2.13. The first-order chi connectivity index (χ1) is 8.25. The molecule has 0 unspecified atom stereocenters. The molecule has 2 rings (SSSR count). The van der Waals surface area contributed by atoms with Gasteiger partial charge in [0.25, 0.3) is 0 Å². The van der Waals surface area contributed by atoms with E-state index in [1.54, 1.807) is 6.07 Å². The molecule has 0 heterocycles. The zero-order valence-corrected chi connectivity index (χ0v) is 11.5. The molecular formula is C14H18BrFO. The van der Waals surface area contributed by atoms with Gasteiger partial charge >= 0.3 is 0 Å². The molecule has 1 fully saturated rings. The summed E-state index contributed by atoms with van der Waals surface area (Å²) >= 11 is 3.35. The van der Waals surface area contributed by atoms with Crippen LogP contribution < -0.4 is 0 Å². The lowest BCUT2D eigenvalue weighted by Gasteiger charge is -2.21. The molecule has 0 radical (unpaired) electrons. The highest BCUT2D eigenvalue weighted by molar-refractivity contribution is 9.10. The third-order valence-electron chi connectivity index (χ3n) is 3.35. The monoisotopic (exact) mass is 300 g/mol. The molecule has 0 N–H and O–H groups in total. The fraction of sp³-hybridized carbons (Fsp3) is 0.571. The second kappa shape index (κ2) is 6.50. The van der Waals surface area contributed by atoms with Crippen molar-refractivity contribution in [3.63, 3.8) is 0 Å². The number of benzene rings is 1. The Morgan fingerprint density at radius 1 is 1.24 bits per heavy atom. The summed E-state index contributed by atoms with van der Waals surface area (Å²) < 4.78 is 19.4. The Balaban J connectivity index is 1.77. The molecule has 1 aromatic carbocycles. The summed E-state index contributed by atoms with van der Waals surface area (Å²) in [6.07, 6.45) is 6.65. The van der Waals surface area contributed by atoms with Crippen molar-refractivity contribution in [2.45, 2.75) is 38.7 Å². The molecule has 1 nitrogen and oxygen atoms in total. The van der Waals surface area contributed by atoms with Gasteiger partial charge in [-0.05, 0) is 36.5 Å². The van der Waals surface area contributed by atoms with E-state index in [-0.39, 0.29) is 5.82 Å². The van der Waals surface area contributed by atoms with Crippen LogP contribution in [0.2, 0.25) is 0 Å². The standard InChI is InChI=1S/C14H18BrFO/c15-14-8-13(16)7-6-12(14)10-17-9-11-4-2-1-3-5-11/h6-8,11H,1-5,9-10H2. The molecule has 0 aliphatic heterocycles. The second-order valence-electron chi connectivity index (χ2n) is 4.75. The predicted molar refractivity (Wildman–Crippen MR) is 70.3 cm³/mol. The molecule has 17 heavy (non-hydrogen) atoms. The van der Waals surface area contributed by atoms with Gasteiger partial charge in [-0.25, -0.2) is 4.39 Å². The largest absolute Gasteiger partial charge is 0.376 e. The van der Waals surface area contributed by atoms with Gasteiger partial charge in [-0.2, -0.15) is 0 Å². The van der Waals surface area contributed by atoms with Crippen LogP contribution in [0.5, 0.6) is 0 Å². The van der Waals surface area contributed by atoms with E-state index in [0.29, 0.717) is 6.61 Å². The number of hydrogen-bond acceptors (Lipinski definition) is 1. The summed E-state index contributed by atoms with van der Waals surface area (Å²) in [6.45, 7) is 1.40. The van der Waals surface area contributed by atoms with Crippen molar-refractivity contribution in [3.8, 4) is 0 Å². The van der Waals surface area contributed by atoms with Gasteiger partial charge in [0.1, 0.15) is 5.82 Å². The minimum absolute atomic E-state index is 0.215. The first-order valence-electron chi connectivity index (χ1n) is 6.27. The summed E-state index contributed by atoms with van der Waals surface area (Å²) in [6, 6.07) is 4.74. The van der Waals surface area contributed by atoms with Gasteiger partial charge in [0.15, 0.2) is 0 Å². The molecule has 0 atom stereocenters. The van der Waals surface area contributed by atoms with Crippen LogP contribution in [0.15, 0.2) is 22.7 Å². The van der Waals surface area contributed by atoms with Crippen LogP contribution in [0, 0.1) is 11.7 Å².